The Hall–Kier alpha value is -2.89. The third-order valence-electron chi connectivity index (χ3n) is 3.84. The number of carbonyl (C=O) groups excluding carboxylic acids is 1. The average molecular weight is 323 g/mol. The van der Waals surface area contributed by atoms with E-state index < -0.39 is 0 Å². The van der Waals surface area contributed by atoms with Crippen LogP contribution in [0.15, 0.2) is 49.1 Å². The Morgan fingerprint density at radius 3 is 2.83 bits per heavy atom. The Morgan fingerprint density at radius 2 is 2.12 bits per heavy atom. The summed E-state index contributed by atoms with van der Waals surface area (Å²) in [5, 5.41) is 7.40. The zero-order valence-electron chi connectivity index (χ0n) is 13.9. The van der Waals surface area contributed by atoms with Crippen LogP contribution in [0.2, 0.25) is 0 Å². The Kier molecular flexibility index (Phi) is 4.74. The Balaban J connectivity index is 1.61. The maximum Gasteiger partial charge on any atom is 0.251 e. The Morgan fingerprint density at radius 1 is 1.25 bits per heavy atom. The van der Waals surface area contributed by atoms with Crippen LogP contribution >= 0.6 is 0 Å². The Bertz CT molecular complexity index is 820. The molecule has 124 valence electrons. The highest BCUT2D eigenvalue weighted by atomic mass is 16.1. The van der Waals surface area contributed by atoms with Crippen molar-refractivity contribution in [1.82, 2.24) is 24.6 Å². The van der Waals surface area contributed by atoms with Gasteiger partial charge in [-0.3, -0.25) is 9.48 Å². The number of aromatic nitrogens is 4. The molecule has 1 aromatic carbocycles. The molecule has 0 radical (unpaired) electrons. The first-order valence-electron chi connectivity index (χ1n) is 7.96. The highest BCUT2D eigenvalue weighted by Crippen LogP contribution is 2.10. The van der Waals surface area contributed by atoms with Crippen molar-refractivity contribution in [2.45, 2.75) is 26.9 Å². The van der Waals surface area contributed by atoms with Gasteiger partial charge in [0, 0.05) is 36.7 Å². The molecule has 24 heavy (non-hydrogen) atoms. The van der Waals surface area contributed by atoms with Gasteiger partial charge in [0.15, 0.2) is 0 Å². The topological polar surface area (TPSA) is 64.7 Å². The summed E-state index contributed by atoms with van der Waals surface area (Å²) in [6.45, 7) is 5.95. The molecule has 0 aliphatic rings. The van der Waals surface area contributed by atoms with Gasteiger partial charge >= 0.3 is 0 Å². The molecule has 6 nitrogen and oxygen atoms in total. The summed E-state index contributed by atoms with van der Waals surface area (Å²) in [5.74, 6) is -0.0645. The molecule has 0 spiro atoms. The second kappa shape index (κ2) is 7.12. The molecular weight excluding hydrogens is 302 g/mol. The van der Waals surface area contributed by atoms with Gasteiger partial charge in [-0.1, -0.05) is 12.1 Å². The molecule has 2 aromatic heterocycles. The van der Waals surface area contributed by atoms with Crippen LogP contribution in [0.25, 0.3) is 0 Å². The van der Waals surface area contributed by atoms with Gasteiger partial charge in [-0.05, 0) is 37.6 Å². The van der Waals surface area contributed by atoms with Crippen LogP contribution in [-0.2, 0) is 13.1 Å². The van der Waals surface area contributed by atoms with Crippen LogP contribution in [0.5, 0.6) is 0 Å². The molecule has 0 saturated carbocycles. The SMILES string of the molecule is Cc1cc(C)n(Cc2cccc(C(=O)NCCn3ccnc3)c2)n1. The van der Waals surface area contributed by atoms with Crippen molar-refractivity contribution in [1.29, 1.82) is 0 Å². The fourth-order valence-corrected chi connectivity index (χ4v) is 2.64. The Labute approximate surface area is 141 Å². The first-order chi connectivity index (χ1) is 11.6. The van der Waals surface area contributed by atoms with Crippen LogP contribution in [0.1, 0.15) is 27.3 Å². The van der Waals surface area contributed by atoms with E-state index in [1.807, 2.05) is 59.6 Å². The van der Waals surface area contributed by atoms with E-state index in [0.29, 0.717) is 25.2 Å². The lowest BCUT2D eigenvalue weighted by atomic mass is 10.1. The van der Waals surface area contributed by atoms with E-state index in [1.165, 1.54) is 0 Å². The van der Waals surface area contributed by atoms with Crippen LogP contribution in [0.4, 0.5) is 0 Å². The summed E-state index contributed by atoms with van der Waals surface area (Å²) in [6.07, 6.45) is 5.34. The summed E-state index contributed by atoms with van der Waals surface area (Å²) in [7, 11) is 0. The van der Waals surface area contributed by atoms with Crippen molar-refractivity contribution < 1.29 is 4.79 Å². The lowest BCUT2D eigenvalue weighted by molar-refractivity contribution is 0.0952. The lowest BCUT2D eigenvalue weighted by Gasteiger charge is -2.08. The minimum Gasteiger partial charge on any atom is -0.350 e. The summed E-state index contributed by atoms with van der Waals surface area (Å²) in [5.41, 5.74) is 3.84. The largest absolute Gasteiger partial charge is 0.350 e. The van der Waals surface area contributed by atoms with Crippen molar-refractivity contribution in [2.24, 2.45) is 0 Å². The van der Waals surface area contributed by atoms with E-state index in [0.717, 1.165) is 17.0 Å². The second-order valence-electron chi connectivity index (χ2n) is 5.84. The fourth-order valence-electron chi connectivity index (χ4n) is 2.64. The number of nitrogens with one attached hydrogen (secondary N) is 1. The van der Waals surface area contributed by atoms with Crippen LogP contribution in [0, 0.1) is 13.8 Å². The van der Waals surface area contributed by atoms with Gasteiger partial charge < -0.3 is 9.88 Å². The van der Waals surface area contributed by atoms with E-state index in [9.17, 15) is 4.79 Å². The molecule has 0 fully saturated rings. The lowest BCUT2D eigenvalue weighted by Crippen LogP contribution is -2.27. The summed E-state index contributed by atoms with van der Waals surface area (Å²) >= 11 is 0. The van der Waals surface area contributed by atoms with E-state index in [4.69, 9.17) is 0 Å². The smallest absolute Gasteiger partial charge is 0.251 e. The number of carbonyl (C=O) groups is 1. The molecule has 6 heteroatoms. The van der Waals surface area contributed by atoms with E-state index in [2.05, 4.69) is 15.4 Å². The van der Waals surface area contributed by atoms with Crippen LogP contribution in [0.3, 0.4) is 0 Å². The minimum absolute atomic E-state index is 0.0645. The number of rotatable bonds is 6. The third kappa shape index (κ3) is 3.90. The molecule has 2 heterocycles. The molecule has 1 amide bonds. The van der Waals surface area contributed by atoms with Gasteiger partial charge in [-0.15, -0.1) is 0 Å². The highest BCUT2D eigenvalue weighted by molar-refractivity contribution is 5.94. The quantitative estimate of drug-likeness (QED) is 0.756. The predicted molar refractivity (Wildman–Crippen MR) is 91.8 cm³/mol. The van der Waals surface area contributed by atoms with Crippen molar-refractivity contribution in [3.63, 3.8) is 0 Å². The van der Waals surface area contributed by atoms with Gasteiger partial charge in [0.25, 0.3) is 5.91 Å². The molecule has 0 unspecified atom stereocenters. The van der Waals surface area contributed by atoms with E-state index in [-0.39, 0.29) is 5.91 Å². The van der Waals surface area contributed by atoms with Crippen molar-refractivity contribution in [3.8, 4) is 0 Å². The molecule has 0 bridgehead atoms. The van der Waals surface area contributed by atoms with Gasteiger partial charge in [-0.25, -0.2) is 4.98 Å². The van der Waals surface area contributed by atoms with E-state index in [1.54, 1.807) is 12.5 Å². The maximum absolute atomic E-state index is 12.3. The zero-order valence-corrected chi connectivity index (χ0v) is 13.9. The average Bonchev–Trinajstić information content (AvgIpc) is 3.18. The summed E-state index contributed by atoms with van der Waals surface area (Å²) in [4.78, 5) is 16.3. The molecule has 0 saturated heterocycles. The normalized spacial score (nSPS) is 10.8. The van der Waals surface area contributed by atoms with E-state index >= 15 is 0 Å². The molecule has 3 rings (SSSR count). The van der Waals surface area contributed by atoms with Crippen LogP contribution < -0.4 is 5.32 Å². The third-order valence-corrected chi connectivity index (χ3v) is 3.84. The van der Waals surface area contributed by atoms with Gasteiger partial charge in [0.05, 0.1) is 18.6 Å². The number of aryl methyl sites for hydroxylation is 2. The van der Waals surface area contributed by atoms with Gasteiger partial charge in [0.1, 0.15) is 0 Å². The van der Waals surface area contributed by atoms with Crippen molar-refractivity contribution >= 4 is 5.91 Å². The number of nitrogens with zero attached hydrogens (tertiary/aromatic N) is 4. The van der Waals surface area contributed by atoms with Crippen molar-refractivity contribution in [2.75, 3.05) is 6.54 Å². The van der Waals surface area contributed by atoms with Crippen LogP contribution in [-0.4, -0.2) is 31.8 Å². The first-order valence-corrected chi connectivity index (χ1v) is 7.96. The number of hydrogen-bond donors (Lipinski definition) is 1. The molecular formula is C18H21N5O. The first kappa shape index (κ1) is 16.0. The summed E-state index contributed by atoms with van der Waals surface area (Å²) in [6, 6.07) is 9.72. The number of amides is 1. The standard InChI is InChI=1S/C18H21N5O/c1-14-10-15(2)23(21-14)12-16-4-3-5-17(11-16)18(24)20-7-9-22-8-6-19-13-22/h3-6,8,10-11,13H,7,9,12H2,1-2H3,(H,20,24). The molecule has 0 aliphatic carbocycles. The molecule has 0 atom stereocenters. The predicted octanol–water partition coefficient (Wildman–Crippen LogP) is 2.17. The monoisotopic (exact) mass is 323 g/mol. The van der Waals surface area contributed by atoms with Gasteiger partial charge in [-0.2, -0.15) is 5.10 Å². The van der Waals surface area contributed by atoms with Gasteiger partial charge in [0.2, 0.25) is 0 Å². The molecule has 1 N–H and O–H groups in total. The number of benzene rings is 1. The maximum atomic E-state index is 12.3. The second-order valence-corrected chi connectivity index (χ2v) is 5.84. The summed E-state index contributed by atoms with van der Waals surface area (Å²) < 4.78 is 3.88. The number of hydrogen-bond acceptors (Lipinski definition) is 3. The zero-order chi connectivity index (χ0) is 16.9. The molecule has 0 aliphatic heterocycles. The van der Waals surface area contributed by atoms with Crippen molar-refractivity contribution in [3.05, 3.63) is 71.6 Å². The minimum atomic E-state index is -0.0645. The highest BCUT2D eigenvalue weighted by Gasteiger charge is 2.07. The molecule has 3 aromatic rings. The number of imidazole rings is 1. The fraction of sp³-hybridized carbons (Fsp3) is 0.278.